The minimum absolute atomic E-state index is 0.172. The van der Waals surface area contributed by atoms with E-state index in [9.17, 15) is 9.59 Å². The van der Waals surface area contributed by atoms with E-state index in [-0.39, 0.29) is 30.5 Å². The third-order valence-corrected chi connectivity index (χ3v) is 6.13. The fourth-order valence-corrected chi connectivity index (χ4v) is 4.36. The molecule has 0 atom stereocenters. The zero-order valence-electron chi connectivity index (χ0n) is 20.8. The van der Waals surface area contributed by atoms with Gasteiger partial charge in [-0.2, -0.15) is 9.78 Å². The van der Waals surface area contributed by atoms with Gasteiger partial charge in [0.15, 0.2) is 23.9 Å². The normalized spacial score (nSPS) is 11.4. The average Bonchev–Trinajstić information content (AvgIpc) is 3.34. The number of aromatic nitrogens is 2. The second-order valence-electron chi connectivity index (χ2n) is 8.23. The Balaban J connectivity index is 1.65. The van der Waals surface area contributed by atoms with Gasteiger partial charge in [0, 0.05) is 27.1 Å². The van der Waals surface area contributed by atoms with Crippen LogP contribution in [0.2, 0.25) is 10.0 Å². The van der Waals surface area contributed by atoms with Crippen molar-refractivity contribution in [1.82, 2.24) is 9.66 Å². The van der Waals surface area contributed by atoms with Gasteiger partial charge in [-0.05, 0) is 49.4 Å². The highest BCUT2D eigenvalue weighted by Gasteiger charge is 2.18. The maximum absolute atomic E-state index is 13.6. The fraction of sp³-hybridized carbons (Fsp3) is 0.143. The average molecular weight is 566 g/mol. The molecule has 0 aliphatic rings. The van der Waals surface area contributed by atoms with Gasteiger partial charge in [-0.3, -0.25) is 4.79 Å². The van der Waals surface area contributed by atoms with Crippen molar-refractivity contribution in [3.8, 4) is 23.1 Å². The summed E-state index contributed by atoms with van der Waals surface area (Å²) in [5.74, 6) is 0.395. The minimum Gasteiger partial charge on any atom is -0.493 e. The predicted octanol–water partition coefficient (Wildman–Crippen LogP) is 5.95. The summed E-state index contributed by atoms with van der Waals surface area (Å²) >= 11 is 12.4. The van der Waals surface area contributed by atoms with Crippen molar-refractivity contribution >= 4 is 57.3 Å². The highest BCUT2D eigenvalue weighted by Crippen LogP contribution is 2.34. The van der Waals surface area contributed by atoms with E-state index in [1.165, 1.54) is 19.4 Å². The SMILES string of the molecule is CCOC(=O)COc1c(C=Nn2c(-c3cc4cc(Cl)ccc4o3)nc3ccccc3c2=O)cc(Cl)cc1OC. The van der Waals surface area contributed by atoms with Gasteiger partial charge in [0.2, 0.25) is 5.82 Å². The molecule has 0 unspecified atom stereocenters. The van der Waals surface area contributed by atoms with Gasteiger partial charge in [0.25, 0.3) is 5.56 Å². The number of halogens is 2. The van der Waals surface area contributed by atoms with E-state index in [2.05, 4.69) is 10.1 Å². The number of carbonyl (C=O) groups is 1. The number of para-hydroxylation sites is 1. The van der Waals surface area contributed by atoms with Crippen LogP contribution in [-0.4, -0.2) is 42.2 Å². The van der Waals surface area contributed by atoms with Crippen molar-refractivity contribution in [1.29, 1.82) is 0 Å². The van der Waals surface area contributed by atoms with Crippen molar-refractivity contribution in [3.63, 3.8) is 0 Å². The number of hydrogen-bond donors (Lipinski definition) is 0. The Labute approximate surface area is 232 Å². The first-order valence-electron chi connectivity index (χ1n) is 11.8. The Bertz CT molecular complexity index is 1790. The number of carbonyl (C=O) groups excluding carboxylic acids is 1. The van der Waals surface area contributed by atoms with Gasteiger partial charge in [0.1, 0.15) is 5.58 Å². The van der Waals surface area contributed by atoms with E-state index < -0.39 is 11.5 Å². The molecule has 0 spiro atoms. The van der Waals surface area contributed by atoms with E-state index in [1.807, 2.05) is 0 Å². The van der Waals surface area contributed by atoms with Gasteiger partial charge in [-0.15, -0.1) is 0 Å². The number of esters is 1. The molecule has 2 aromatic heterocycles. The largest absolute Gasteiger partial charge is 0.493 e. The molecule has 0 saturated carbocycles. The first-order valence-corrected chi connectivity index (χ1v) is 12.5. The van der Waals surface area contributed by atoms with E-state index >= 15 is 0 Å². The first-order chi connectivity index (χ1) is 18.9. The van der Waals surface area contributed by atoms with Crippen molar-refractivity contribution in [3.05, 3.63) is 86.6 Å². The number of hydrogen-bond acceptors (Lipinski definition) is 8. The number of methoxy groups -OCH3 is 1. The minimum atomic E-state index is -0.556. The van der Waals surface area contributed by atoms with Gasteiger partial charge in [-0.1, -0.05) is 35.3 Å². The summed E-state index contributed by atoms with van der Waals surface area (Å²) in [7, 11) is 1.44. The molecule has 0 fully saturated rings. The molecule has 0 saturated heterocycles. The second-order valence-corrected chi connectivity index (χ2v) is 9.10. The van der Waals surface area contributed by atoms with Crippen molar-refractivity contribution < 1.29 is 23.4 Å². The van der Waals surface area contributed by atoms with Crippen LogP contribution >= 0.6 is 23.2 Å². The van der Waals surface area contributed by atoms with Crippen LogP contribution in [0, 0.1) is 0 Å². The topological polar surface area (TPSA) is 105 Å². The van der Waals surface area contributed by atoms with Crippen LogP contribution in [0.4, 0.5) is 0 Å². The lowest BCUT2D eigenvalue weighted by atomic mass is 10.2. The molecule has 0 aliphatic heterocycles. The maximum Gasteiger partial charge on any atom is 0.344 e. The third-order valence-electron chi connectivity index (χ3n) is 5.67. The number of furan rings is 1. The molecule has 0 bridgehead atoms. The summed E-state index contributed by atoms with van der Waals surface area (Å²) in [6.45, 7) is 1.54. The molecule has 2 heterocycles. The van der Waals surface area contributed by atoms with E-state index in [4.69, 9.17) is 41.8 Å². The van der Waals surface area contributed by atoms with Crippen LogP contribution in [0.25, 0.3) is 33.5 Å². The summed E-state index contributed by atoms with van der Waals surface area (Å²) < 4.78 is 23.2. The highest BCUT2D eigenvalue weighted by molar-refractivity contribution is 6.31. The molecule has 5 rings (SSSR count). The summed E-state index contributed by atoms with van der Waals surface area (Å²) in [4.78, 5) is 30.2. The van der Waals surface area contributed by atoms with E-state index in [1.54, 1.807) is 61.5 Å². The van der Waals surface area contributed by atoms with Gasteiger partial charge < -0.3 is 18.6 Å². The summed E-state index contributed by atoms with van der Waals surface area (Å²) in [5.41, 5.74) is 0.978. The van der Waals surface area contributed by atoms with Crippen LogP contribution in [0.5, 0.6) is 11.5 Å². The monoisotopic (exact) mass is 565 g/mol. The molecule has 0 radical (unpaired) electrons. The first kappa shape index (κ1) is 26.3. The number of benzene rings is 3. The highest BCUT2D eigenvalue weighted by atomic mass is 35.5. The van der Waals surface area contributed by atoms with E-state index in [0.29, 0.717) is 37.9 Å². The zero-order valence-corrected chi connectivity index (χ0v) is 22.3. The van der Waals surface area contributed by atoms with Crippen molar-refractivity contribution in [2.45, 2.75) is 6.92 Å². The van der Waals surface area contributed by atoms with Crippen molar-refractivity contribution in [2.24, 2.45) is 5.10 Å². The smallest absolute Gasteiger partial charge is 0.344 e. The lowest BCUT2D eigenvalue weighted by Gasteiger charge is -2.13. The molecule has 11 heteroatoms. The quantitative estimate of drug-likeness (QED) is 0.169. The molecule has 198 valence electrons. The Hall–Kier alpha value is -4.34. The second kappa shape index (κ2) is 11.2. The van der Waals surface area contributed by atoms with Crippen LogP contribution in [-0.2, 0) is 9.53 Å². The van der Waals surface area contributed by atoms with Crippen LogP contribution in [0.1, 0.15) is 12.5 Å². The van der Waals surface area contributed by atoms with Gasteiger partial charge in [0.05, 0.1) is 30.8 Å². The van der Waals surface area contributed by atoms with E-state index in [0.717, 1.165) is 10.1 Å². The Morgan fingerprint density at radius 1 is 1.10 bits per heavy atom. The number of rotatable bonds is 8. The lowest BCUT2D eigenvalue weighted by Crippen LogP contribution is -2.20. The van der Waals surface area contributed by atoms with Gasteiger partial charge in [-0.25, -0.2) is 9.78 Å². The Kier molecular flexibility index (Phi) is 7.53. The Morgan fingerprint density at radius 2 is 1.92 bits per heavy atom. The van der Waals surface area contributed by atoms with Crippen molar-refractivity contribution in [2.75, 3.05) is 20.3 Å². The summed E-state index contributed by atoms with van der Waals surface area (Å²) in [5, 5.41) is 6.42. The molecule has 5 aromatic rings. The number of ether oxygens (including phenoxy) is 3. The number of fused-ring (bicyclic) bond motifs is 2. The fourth-order valence-electron chi connectivity index (χ4n) is 3.96. The lowest BCUT2D eigenvalue weighted by molar-refractivity contribution is -0.145. The molecule has 39 heavy (non-hydrogen) atoms. The Morgan fingerprint density at radius 3 is 2.72 bits per heavy atom. The maximum atomic E-state index is 13.6. The van der Waals surface area contributed by atoms with Crippen LogP contribution < -0.4 is 15.0 Å². The van der Waals surface area contributed by atoms with Crippen LogP contribution in [0.15, 0.2) is 75.0 Å². The summed E-state index contributed by atoms with van der Waals surface area (Å²) in [6.07, 6.45) is 1.37. The molecule has 0 amide bonds. The molecule has 0 N–H and O–H groups in total. The molecular weight excluding hydrogens is 545 g/mol. The standard InChI is InChI=1S/C28H21Cl2N3O6/c1-3-37-25(34)15-38-26-17(11-19(30)13-23(26)36-2)14-31-33-27(32-21-7-5-4-6-20(21)28(33)35)24-12-16-10-18(29)8-9-22(16)39-24/h4-14H,3,15H2,1-2H3. The third kappa shape index (κ3) is 5.45. The predicted molar refractivity (Wildman–Crippen MR) is 149 cm³/mol. The van der Waals surface area contributed by atoms with Crippen LogP contribution in [0.3, 0.4) is 0 Å². The zero-order chi connectivity index (χ0) is 27.5. The number of nitrogens with zero attached hydrogens (tertiary/aromatic N) is 3. The summed E-state index contributed by atoms with van der Waals surface area (Å²) in [6, 6.07) is 17.0. The molecule has 3 aromatic carbocycles. The van der Waals surface area contributed by atoms with Gasteiger partial charge >= 0.3 is 5.97 Å². The molecular formula is C28H21Cl2N3O6. The molecule has 0 aliphatic carbocycles. The molecule has 9 nitrogen and oxygen atoms in total.